The Morgan fingerprint density at radius 3 is 2.62 bits per heavy atom. The van der Waals surface area contributed by atoms with Crippen molar-refractivity contribution in [3.8, 4) is 0 Å². The summed E-state index contributed by atoms with van der Waals surface area (Å²) in [6.07, 6.45) is -3.30. The van der Waals surface area contributed by atoms with E-state index < -0.39 is 24.5 Å². The van der Waals surface area contributed by atoms with E-state index in [0.717, 1.165) is 0 Å². The van der Waals surface area contributed by atoms with Crippen molar-refractivity contribution in [2.75, 3.05) is 6.61 Å². The number of nitrogens with one attached hydrogen (secondary N) is 1. The number of hydrogen-bond acceptors (Lipinski definition) is 5. The van der Waals surface area contributed by atoms with E-state index in [1.54, 1.807) is 0 Å². The lowest BCUT2D eigenvalue weighted by Gasteiger charge is -2.18. The van der Waals surface area contributed by atoms with Gasteiger partial charge in [0.1, 0.15) is 12.2 Å². The van der Waals surface area contributed by atoms with Crippen LogP contribution in [-0.4, -0.2) is 52.4 Å². The minimum absolute atomic E-state index is 0.347. The first kappa shape index (κ1) is 10.4. The molecule has 0 spiro atoms. The predicted octanol–water partition coefficient (Wildman–Crippen LogP) is -2.44. The number of aliphatic hydroxyl groups excluding tert-OH is 3. The Labute approximate surface area is 75.1 Å². The van der Waals surface area contributed by atoms with Crippen LogP contribution in [0.2, 0.25) is 0 Å². The molecule has 4 unspecified atom stereocenters. The lowest BCUT2D eigenvalue weighted by atomic mass is 10.1. The Kier molecular flexibility index (Phi) is 3.21. The van der Waals surface area contributed by atoms with Gasteiger partial charge in [0.2, 0.25) is 5.91 Å². The quantitative estimate of drug-likeness (QED) is 0.388. The number of aliphatic hydroxyl groups is 3. The van der Waals surface area contributed by atoms with E-state index in [2.05, 4.69) is 5.32 Å². The van der Waals surface area contributed by atoms with Crippen LogP contribution in [0.5, 0.6) is 0 Å². The van der Waals surface area contributed by atoms with Gasteiger partial charge < -0.3 is 25.4 Å². The predicted molar refractivity (Wildman–Crippen MR) is 41.6 cm³/mol. The normalized spacial score (nSPS) is 39.1. The molecule has 1 fully saturated rings. The van der Waals surface area contributed by atoms with Crippen molar-refractivity contribution in [2.24, 2.45) is 0 Å². The van der Waals surface area contributed by atoms with Crippen molar-refractivity contribution in [1.82, 2.24) is 5.32 Å². The molecule has 1 heterocycles. The van der Waals surface area contributed by atoms with Crippen LogP contribution in [0, 0.1) is 0 Å². The molecule has 0 saturated carbocycles. The molecular formula is C7H13NO5. The fraction of sp³-hybridized carbons (Fsp3) is 0.857. The zero-order chi connectivity index (χ0) is 10.0. The van der Waals surface area contributed by atoms with Crippen molar-refractivity contribution in [2.45, 2.75) is 31.5 Å². The number of carbonyl (C=O) groups excluding carboxylic acids is 1. The monoisotopic (exact) mass is 191 g/mol. The van der Waals surface area contributed by atoms with E-state index in [1.165, 1.54) is 6.92 Å². The molecule has 0 aromatic heterocycles. The SMILES string of the molecule is CC(=O)NC1C(CO)OC(O)C1O. The fourth-order valence-corrected chi connectivity index (χ4v) is 1.31. The summed E-state index contributed by atoms with van der Waals surface area (Å²) in [6, 6.07) is -0.752. The van der Waals surface area contributed by atoms with E-state index >= 15 is 0 Å². The van der Waals surface area contributed by atoms with E-state index in [9.17, 15) is 9.90 Å². The molecule has 1 saturated heterocycles. The maximum Gasteiger partial charge on any atom is 0.217 e. The van der Waals surface area contributed by atoms with Crippen LogP contribution in [0.3, 0.4) is 0 Å². The number of rotatable bonds is 2. The van der Waals surface area contributed by atoms with Crippen LogP contribution in [0.25, 0.3) is 0 Å². The van der Waals surface area contributed by atoms with Gasteiger partial charge in [0.15, 0.2) is 6.29 Å². The van der Waals surface area contributed by atoms with Gasteiger partial charge in [0.05, 0.1) is 12.6 Å². The first-order valence-corrected chi connectivity index (χ1v) is 3.96. The summed E-state index contributed by atoms with van der Waals surface area (Å²) in [4.78, 5) is 10.7. The second-order valence-electron chi connectivity index (χ2n) is 2.96. The molecule has 76 valence electrons. The van der Waals surface area contributed by atoms with Crippen LogP contribution in [0.4, 0.5) is 0 Å². The Morgan fingerprint density at radius 2 is 2.15 bits per heavy atom. The van der Waals surface area contributed by atoms with Crippen LogP contribution in [-0.2, 0) is 9.53 Å². The van der Waals surface area contributed by atoms with Crippen molar-refractivity contribution in [3.63, 3.8) is 0 Å². The number of carbonyl (C=O) groups is 1. The molecule has 0 aromatic carbocycles. The topological polar surface area (TPSA) is 99.0 Å². The lowest BCUT2D eigenvalue weighted by Crippen LogP contribution is -2.47. The molecule has 4 atom stereocenters. The van der Waals surface area contributed by atoms with Gasteiger partial charge in [0, 0.05) is 6.92 Å². The third-order valence-electron chi connectivity index (χ3n) is 1.92. The third-order valence-corrected chi connectivity index (χ3v) is 1.92. The van der Waals surface area contributed by atoms with E-state index in [-0.39, 0.29) is 12.5 Å². The van der Waals surface area contributed by atoms with Gasteiger partial charge in [-0.1, -0.05) is 0 Å². The van der Waals surface area contributed by atoms with Gasteiger partial charge >= 0.3 is 0 Å². The number of hydrogen-bond donors (Lipinski definition) is 4. The van der Waals surface area contributed by atoms with Gasteiger partial charge in [-0.05, 0) is 0 Å². The number of ether oxygens (including phenoxy) is 1. The molecule has 1 aliphatic heterocycles. The zero-order valence-electron chi connectivity index (χ0n) is 7.17. The van der Waals surface area contributed by atoms with Crippen LogP contribution < -0.4 is 5.32 Å². The molecule has 13 heavy (non-hydrogen) atoms. The Morgan fingerprint density at radius 1 is 1.54 bits per heavy atom. The second-order valence-corrected chi connectivity index (χ2v) is 2.96. The van der Waals surface area contributed by atoms with Crippen LogP contribution in [0.15, 0.2) is 0 Å². The van der Waals surface area contributed by atoms with Crippen molar-refractivity contribution in [1.29, 1.82) is 0 Å². The first-order valence-electron chi connectivity index (χ1n) is 3.96. The highest BCUT2D eigenvalue weighted by Gasteiger charge is 2.42. The maximum absolute atomic E-state index is 10.7. The van der Waals surface area contributed by atoms with Crippen LogP contribution in [0.1, 0.15) is 6.92 Å². The molecule has 4 N–H and O–H groups in total. The van der Waals surface area contributed by atoms with Gasteiger partial charge in [-0.25, -0.2) is 0 Å². The van der Waals surface area contributed by atoms with E-state index in [1.807, 2.05) is 0 Å². The minimum atomic E-state index is -1.35. The highest BCUT2D eigenvalue weighted by molar-refractivity contribution is 5.73. The molecule has 0 bridgehead atoms. The summed E-state index contributed by atoms with van der Waals surface area (Å²) in [5, 5.41) is 29.5. The largest absolute Gasteiger partial charge is 0.394 e. The average Bonchev–Trinajstić information content (AvgIpc) is 2.31. The zero-order valence-corrected chi connectivity index (χ0v) is 7.17. The fourth-order valence-electron chi connectivity index (χ4n) is 1.31. The molecule has 0 aliphatic carbocycles. The molecule has 6 heteroatoms. The van der Waals surface area contributed by atoms with Gasteiger partial charge in [-0.15, -0.1) is 0 Å². The standard InChI is InChI=1S/C7H13NO5/c1-3(10)8-5-4(2-9)13-7(12)6(5)11/h4-7,9,11-12H,2H2,1H3,(H,8,10). The Balaban J connectivity index is 2.62. The molecule has 1 aliphatic rings. The average molecular weight is 191 g/mol. The first-order chi connectivity index (χ1) is 6.06. The summed E-state index contributed by atoms with van der Waals surface area (Å²) in [5.41, 5.74) is 0. The highest BCUT2D eigenvalue weighted by Crippen LogP contribution is 2.18. The van der Waals surface area contributed by atoms with Crippen molar-refractivity contribution < 1.29 is 24.9 Å². The van der Waals surface area contributed by atoms with Crippen molar-refractivity contribution in [3.05, 3.63) is 0 Å². The summed E-state index contributed by atoms with van der Waals surface area (Å²) in [5.74, 6) is -0.347. The van der Waals surface area contributed by atoms with E-state index in [4.69, 9.17) is 14.9 Å². The highest BCUT2D eigenvalue weighted by atomic mass is 16.6. The third kappa shape index (κ3) is 2.16. The molecule has 1 rings (SSSR count). The minimum Gasteiger partial charge on any atom is -0.394 e. The second kappa shape index (κ2) is 4.01. The van der Waals surface area contributed by atoms with Gasteiger partial charge in [-0.3, -0.25) is 4.79 Å². The smallest absolute Gasteiger partial charge is 0.217 e. The lowest BCUT2D eigenvalue weighted by molar-refractivity contribution is -0.132. The Hall–Kier alpha value is -0.690. The summed E-state index contributed by atoms with van der Waals surface area (Å²) in [6.45, 7) is 0.922. The summed E-state index contributed by atoms with van der Waals surface area (Å²) >= 11 is 0. The summed E-state index contributed by atoms with van der Waals surface area (Å²) < 4.78 is 4.78. The number of amides is 1. The maximum atomic E-state index is 10.7. The Bertz CT molecular complexity index is 197. The molecular weight excluding hydrogens is 178 g/mol. The van der Waals surface area contributed by atoms with Crippen LogP contribution >= 0.6 is 0 Å². The molecule has 0 aromatic rings. The van der Waals surface area contributed by atoms with E-state index in [0.29, 0.717) is 0 Å². The van der Waals surface area contributed by atoms with Gasteiger partial charge in [-0.2, -0.15) is 0 Å². The molecule has 1 amide bonds. The van der Waals surface area contributed by atoms with Crippen molar-refractivity contribution >= 4 is 5.91 Å². The molecule has 0 radical (unpaired) electrons. The van der Waals surface area contributed by atoms with Gasteiger partial charge in [0.25, 0.3) is 0 Å². The molecule has 6 nitrogen and oxygen atoms in total. The summed E-state index contributed by atoms with van der Waals surface area (Å²) in [7, 11) is 0.